The molecule has 0 saturated carbocycles. The normalized spacial score (nSPS) is 10.5. The van der Waals surface area contributed by atoms with Crippen LogP contribution in [0.2, 0.25) is 0 Å². The summed E-state index contributed by atoms with van der Waals surface area (Å²) in [5.41, 5.74) is 1.67. The fraction of sp³-hybridized carbons (Fsp3) is 0.200. The van der Waals surface area contributed by atoms with Crippen LogP contribution in [0.3, 0.4) is 0 Å². The number of hydrogen-bond donors (Lipinski definition) is 1. The molecule has 28 heavy (non-hydrogen) atoms. The third-order valence-corrected chi connectivity index (χ3v) is 3.96. The molecule has 3 rings (SSSR count). The van der Waals surface area contributed by atoms with Gasteiger partial charge in [-0.05, 0) is 24.6 Å². The molecule has 1 heterocycles. The smallest absolute Gasteiger partial charge is 0.421 e. The van der Waals surface area contributed by atoms with Gasteiger partial charge in [0.2, 0.25) is 5.95 Å². The minimum Gasteiger partial charge on any atom is -0.453 e. The zero-order valence-electron chi connectivity index (χ0n) is 15.5. The van der Waals surface area contributed by atoms with Crippen molar-refractivity contribution >= 4 is 35.0 Å². The minimum absolute atomic E-state index is 0.0488. The lowest BCUT2D eigenvalue weighted by Gasteiger charge is -2.09. The Labute approximate surface area is 161 Å². The highest BCUT2D eigenvalue weighted by molar-refractivity contribution is 6.10. The summed E-state index contributed by atoms with van der Waals surface area (Å²) >= 11 is 0. The van der Waals surface area contributed by atoms with Crippen LogP contribution in [0, 0.1) is 0 Å². The number of rotatable bonds is 5. The number of hydrogen-bond acceptors (Lipinski definition) is 6. The quantitative estimate of drug-likeness (QED) is 0.674. The van der Waals surface area contributed by atoms with E-state index in [-0.39, 0.29) is 18.3 Å². The van der Waals surface area contributed by atoms with Crippen molar-refractivity contribution in [2.45, 2.75) is 13.3 Å². The maximum absolute atomic E-state index is 12.7. The van der Waals surface area contributed by atoms with Gasteiger partial charge >= 0.3 is 12.2 Å². The van der Waals surface area contributed by atoms with Gasteiger partial charge in [-0.15, -0.1) is 0 Å². The Kier molecular flexibility index (Phi) is 5.69. The van der Waals surface area contributed by atoms with E-state index in [1.807, 2.05) is 13.0 Å². The number of aromatic nitrogens is 2. The van der Waals surface area contributed by atoms with Crippen molar-refractivity contribution in [2.24, 2.45) is 0 Å². The molecule has 0 radical (unpaired) electrons. The summed E-state index contributed by atoms with van der Waals surface area (Å²) in [7, 11) is 1.20. The average molecular weight is 381 g/mol. The maximum atomic E-state index is 12.7. The van der Waals surface area contributed by atoms with E-state index in [0.29, 0.717) is 28.6 Å². The number of ether oxygens (including phenoxy) is 2. The molecule has 144 valence electrons. The fourth-order valence-corrected chi connectivity index (χ4v) is 2.64. The third kappa shape index (κ3) is 3.85. The first-order valence-electron chi connectivity index (χ1n) is 8.69. The summed E-state index contributed by atoms with van der Waals surface area (Å²) in [6.45, 7) is 2.07. The van der Waals surface area contributed by atoms with Crippen LogP contribution in [0.4, 0.5) is 15.5 Å². The van der Waals surface area contributed by atoms with E-state index in [1.54, 1.807) is 42.5 Å². The van der Waals surface area contributed by atoms with Crippen LogP contribution in [0.1, 0.15) is 29.3 Å². The van der Waals surface area contributed by atoms with Crippen LogP contribution < -0.4 is 5.32 Å². The van der Waals surface area contributed by atoms with E-state index in [2.05, 4.69) is 15.0 Å². The second-order valence-electron chi connectivity index (χ2n) is 5.90. The Morgan fingerprint density at radius 3 is 2.50 bits per heavy atom. The van der Waals surface area contributed by atoms with Gasteiger partial charge in [0.1, 0.15) is 0 Å². The zero-order valence-corrected chi connectivity index (χ0v) is 15.5. The van der Waals surface area contributed by atoms with Gasteiger partial charge in [0.05, 0.1) is 24.8 Å². The van der Waals surface area contributed by atoms with Crippen molar-refractivity contribution in [3.63, 3.8) is 0 Å². The lowest BCUT2D eigenvalue weighted by Crippen LogP contribution is -2.21. The molecule has 0 bridgehead atoms. The lowest BCUT2D eigenvalue weighted by molar-refractivity contribution is 0.103. The van der Waals surface area contributed by atoms with Gasteiger partial charge < -0.3 is 9.47 Å². The molecule has 0 aliphatic rings. The Hall–Kier alpha value is -3.68. The largest absolute Gasteiger partial charge is 0.453 e. The van der Waals surface area contributed by atoms with Crippen LogP contribution in [0.15, 0.2) is 48.5 Å². The molecule has 1 amide bonds. The number of imidazole rings is 1. The van der Waals surface area contributed by atoms with Crippen LogP contribution in [-0.4, -0.2) is 41.2 Å². The number of fused-ring (bicyclic) bond motifs is 1. The number of carbonyl (C=O) groups excluding carboxylic acids is 3. The highest BCUT2D eigenvalue weighted by Gasteiger charge is 2.21. The fourth-order valence-electron chi connectivity index (χ4n) is 2.64. The molecule has 0 fully saturated rings. The molecule has 0 aliphatic heterocycles. The van der Waals surface area contributed by atoms with Crippen LogP contribution >= 0.6 is 0 Å². The zero-order chi connectivity index (χ0) is 20.1. The minimum atomic E-state index is -0.777. The number of anilines is 1. The molecule has 0 unspecified atom stereocenters. The predicted octanol–water partition coefficient (Wildman–Crippen LogP) is 3.84. The predicted molar refractivity (Wildman–Crippen MR) is 103 cm³/mol. The van der Waals surface area contributed by atoms with Crippen molar-refractivity contribution in [3.05, 3.63) is 59.7 Å². The van der Waals surface area contributed by atoms with E-state index < -0.39 is 12.2 Å². The van der Waals surface area contributed by atoms with Crippen LogP contribution in [-0.2, 0) is 9.47 Å². The molecule has 0 saturated heterocycles. The first-order chi connectivity index (χ1) is 13.5. The molecule has 2 aromatic carbocycles. The molecule has 1 N–H and O–H groups in total. The van der Waals surface area contributed by atoms with E-state index in [1.165, 1.54) is 7.11 Å². The van der Waals surface area contributed by atoms with Crippen molar-refractivity contribution in [2.75, 3.05) is 19.0 Å². The summed E-state index contributed by atoms with van der Waals surface area (Å²) in [6, 6.07) is 13.6. The van der Waals surface area contributed by atoms with Gasteiger partial charge in [-0.2, -0.15) is 0 Å². The molecule has 0 atom stereocenters. The van der Waals surface area contributed by atoms with Gasteiger partial charge in [-0.3, -0.25) is 10.1 Å². The molecule has 0 spiro atoms. The summed E-state index contributed by atoms with van der Waals surface area (Å²) in [5, 5.41) is 2.39. The second kappa shape index (κ2) is 8.34. The maximum Gasteiger partial charge on any atom is 0.421 e. The van der Waals surface area contributed by atoms with Gasteiger partial charge in [0.25, 0.3) is 0 Å². The molecule has 0 aliphatic carbocycles. The number of ketones is 1. The number of carbonyl (C=O) groups is 3. The number of amides is 1. The first kappa shape index (κ1) is 19.1. The average Bonchev–Trinajstić information content (AvgIpc) is 3.08. The van der Waals surface area contributed by atoms with Gasteiger partial charge in [0.15, 0.2) is 5.78 Å². The SMILES string of the molecule is CCCOC(=O)n1c(NC(=O)OC)nc2ccc(C(=O)c3ccccc3)cc21. The Bertz CT molecular complexity index is 1030. The van der Waals surface area contributed by atoms with Gasteiger partial charge in [0, 0.05) is 11.1 Å². The monoisotopic (exact) mass is 381 g/mol. The highest BCUT2D eigenvalue weighted by Crippen LogP contribution is 2.23. The van der Waals surface area contributed by atoms with Crippen molar-refractivity contribution in [3.8, 4) is 0 Å². The number of nitrogens with zero attached hydrogens (tertiary/aromatic N) is 2. The number of nitrogens with one attached hydrogen (secondary N) is 1. The third-order valence-electron chi connectivity index (χ3n) is 3.96. The Morgan fingerprint density at radius 1 is 1.07 bits per heavy atom. The lowest BCUT2D eigenvalue weighted by atomic mass is 10.0. The summed E-state index contributed by atoms with van der Waals surface area (Å²) in [4.78, 5) is 41.1. The standard InChI is InChI=1S/C20H19N3O5/c1-3-11-28-20(26)23-16-12-14(17(24)13-7-5-4-6-8-13)9-10-15(16)21-18(23)22-19(25)27-2/h4-10,12H,3,11H2,1-2H3,(H,21,22,25). The van der Waals surface area contributed by atoms with Crippen molar-refractivity contribution in [1.82, 2.24) is 9.55 Å². The first-order valence-corrected chi connectivity index (χ1v) is 8.69. The summed E-state index contributed by atoms with van der Waals surface area (Å²) in [6.07, 6.45) is -0.851. The highest BCUT2D eigenvalue weighted by atomic mass is 16.6. The Morgan fingerprint density at radius 2 is 1.82 bits per heavy atom. The molecule has 8 heteroatoms. The molecule has 3 aromatic rings. The Balaban J connectivity index is 2.08. The van der Waals surface area contributed by atoms with E-state index >= 15 is 0 Å². The second-order valence-corrected chi connectivity index (χ2v) is 5.90. The van der Waals surface area contributed by atoms with E-state index in [9.17, 15) is 14.4 Å². The van der Waals surface area contributed by atoms with Crippen LogP contribution in [0.5, 0.6) is 0 Å². The molecular weight excluding hydrogens is 362 g/mol. The van der Waals surface area contributed by atoms with Crippen molar-refractivity contribution in [1.29, 1.82) is 0 Å². The summed E-state index contributed by atoms with van der Waals surface area (Å²) in [5.74, 6) is -0.244. The molecule has 8 nitrogen and oxygen atoms in total. The topological polar surface area (TPSA) is 99.5 Å². The molecular formula is C20H19N3O5. The molecule has 1 aromatic heterocycles. The number of methoxy groups -OCH3 is 1. The summed E-state index contributed by atoms with van der Waals surface area (Å²) < 4.78 is 10.9. The van der Waals surface area contributed by atoms with Gasteiger partial charge in [-0.1, -0.05) is 37.3 Å². The van der Waals surface area contributed by atoms with Gasteiger partial charge in [-0.25, -0.2) is 19.1 Å². The van der Waals surface area contributed by atoms with Crippen molar-refractivity contribution < 1.29 is 23.9 Å². The van der Waals surface area contributed by atoms with E-state index in [4.69, 9.17) is 4.74 Å². The van der Waals surface area contributed by atoms with E-state index in [0.717, 1.165) is 4.57 Å². The number of benzene rings is 2. The van der Waals surface area contributed by atoms with Crippen LogP contribution in [0.25, 0.3) is 11.0 Å².